The summed E-state index contributed by atoms with van der Waals surface area (Å²) in [5.41, 5.74) is 6.98. The number of halogens is 1. The van der Waals surface area contributed by atoms with Crippen LogP contribution in [0, 0.1) is 0 Å². The van der Waals surface area contributed by atoms with Crippen molar-refractivity contribution in [3.05, 3.63) is 65.3 Å². The number of rotatable bonds is 5. The van der Waals surface area contributed by atoms with Crippen LogP contribution in [0.15, 0.2) is 57.6 Å². The first-order valence-electron chi connectivity index (χ1n) is 6.89. The van der Waals surface area contributed by atoms with E-state index < -0.39 is 0 Å². The Morgan fingerprint density at radius 1 is 1.23 bits per heavy atom. The van der Waals surface area contributed by atoms with Crippen LogP contribution >= 0.6 is 11.6 Å². The van der Waals surface area contributed by atoms with E-state index in [4.69, 9.17) is 30.9 Å². The molecule has 2 heterocycles. The van der Waals surface area contributed by atoms with Crippen LogP contribution in [0.25, 0.3) is 11.3 Å². The molecular weight excluding hydrogens is 302 g/mol. The van der Waals surface area contributed by atoms with Crippen LogP contribution in [0.1, 0.15) is 17.6 Å². The minimum Gasteiger partial charge on any atom is -0.495 e. The van der Waals surface area contributed by atoms with Crippen molar-refractivity contribution in [3.8, 4) is 17.1 Å². The lowest BCUT2D eigenvalue weighted by atomic mass is 10.1. The molecule has 0 aliphatic carbocycles. The van der Waals surface area contributed by atoms with Gasteiger partial charge in [-0.2, -0.15) is 0 Å². The third-order valence-electron chi connectivity index (χ3n) is 3.43. The number of hydrogen-bond donors (Lipinski definition) is 1. The lowest BCUT2D eigenvalue weighted by Gasteiger charge is -2.06. The fraction of sp³-hybridized carbons (Fsp3) is 0.176. The molecule has 4 nitrogen and oxygen atoms in total. The van der Waals surface area contributed by atoms with E-state index in [1.54, 1.807) is 13.4 Å². The quantitative estimate of drug-likeness (QED) is 0.755. The van der Waals surface area contributed by atoms with Crippen LogP contribution in [0.3, 0.4) is 0 Å². The maximum absolute atomic E-state index is 6.14. The van der Waals surface area contributed by atoms with Gasteiger partial charge in [-0.25, -0.2) is 0 Å². The highest BCUT2D eigenvalue weighted by atomic mass is 35.5. The third-order valence-corrected chi connectivity index (χ3v) is 3.72. The Kier molecular flexibility index (Phi) is 4.22. The number of benzene rings is 1. The molecular formula is C17H16ClNO3. The van der Waals surface area contributed by atoms with E-state index in [1.165, 1.54) is 0 Å². The van der Waals surface area contributed by atoms with Crippen molar-refractivity contribution in [2.24, 2.45) is 5.73 Å². The summed E-state index contributed by atoms with van der Waals surface area (Å²) in [6.45, 7) is 0. The number of hydrogen-bond acceptors (Lipinski definition) is 4. The van der Waals surface area contributed by atoms with Crippen molar-refractivity contribution < 1.29 is 13.6 Å². The van der Waals surface area contributed by atoms with Crippen molar-refractivity contribution in [2.75, 3.05) is 7.11 Å². The minimum absolute atomic E-state index is 0.228. The van der Waals surface area contributed by atoms with Crippen LogP contribution in [0.5, 0.6) is 5.75 Å². The first-order valence-corrected chi connectivity index (χ1v) is 7.27. The van der Waals surface area contributed by atoms with Crippen molar-refractivity contribution in [1.82, 2.24) is 0 Å². The van der Waals surface area contributed by atoms with E-state index in [2.05, 4.69) is 0 Å². The van der Waals surface area contributed by atoms with Gasteiger partial charge in [0.05, 0.1) is 24.4 Å². The third kappa shape index (κ3) is 3.03. The number of nitrogens with two attached hydrogens (primary N) is 1. The molecule has 0 amide bonds. The summed E-state index contributed by atoms with van der Waals surface area (Å²) in [6, 6.07) is 12.8. The minimum atomic E-state index is -0.228. The van der Waals surface area contributed by atoms with Gasteiger partial charge < -0.3 is 19.3 Å². The first kappa shape index (κ1) is 14.8. The summed E-state index contributed by atoms with van der Waals surface area (Å²) in [6.07, 6.45) is 2.18. The standard InChI is InChI=1S/C17H16ClNO3/c1-20-16-6-4-11(9-13(16)18)15-7-5-12(22-15)10-14(19)17-3-2-8-21-17/h2-9,14H,10,19H2,1H3. The predicted octanol–water partition coefficient (Wildman–Crippen LogP) is 4.44. The smallest absolute Gasteiger partial charge is 0.137 e. The van der Waals surface area contributed by atoms with Gasteiger partial charge in [0.1, 0.15) is 23.0 Å². The average molecular weight is 318 g/mol. The van der Waals surface area contributed by atoms with Gasteiger partial charge in [0.25, 0.3) is 0 Å². The first-order chi connectivity index (χ1) is 10.7. The number of furan rings is 2. The maximum atomic E-state index is 6.14. The summed E-state index contributed by atoms with van der Waals surface area (Å²) in [5, 5.41) is 0.547. The molecule has 3 aromatic rings. The molecule has 2 N–H and O–H groups in total. The Hall–Kier alpha value is -2.17. The summed E-state index contributed by atoms with van der Waals surface area (Å²) in [7, 11) is 1.59. The molecule has 2 aromatic heterocycles. The van der Waals surface area contributed by atoms with E-state index in [-0.39, 0.29) is 6.04 Å². The van der Waals surface area contributed by atoms with Gasteiger partial charge in [-0.15, -0.1) is 0 Å². The topological polar surface area (TPSA) is 61.5 Å². The highest BCUT2D eigenvalue weighted by Gasteiger charge is 2.13. The molecule has 1 aromatic carbocycles. The Labute approximate surface area is 133 Å². The Morgan fingerprint density at radius 2 is 2.09 bits per heavy atom. The Balaban J connectivity index is 1.77. The molecule has 5 heteroatoms. The summed E-state index contributed by atoms with van der Waals surface area (Å²) >= 11 is 6.14. The van der Waals surface area contributed by atoms with Crippen molar-refractivity contribution in [2.45, 2.75) is 12.5 Å². The van der Waals surface area contributed by atoms with Gasteiger partial charge in [-0.1, -0.05) is 11.6 Å². The van der Waals surface area contributed by atoms with E-state index >= 15 is 0 Å². The lowest BCUT2D eigenvalue weighted by molar-refractivity contribution is 0.415. The van der Waals surface area contributed by atoms with Crippen molar-refractivity contribution >= 4 is 11.6 Å². The van der Waals surface area contributed by atoms with Crippen LogP contribution < -0.4 is 10.5 Å². The molecule has 0 aliphatic heterocycles. The lowest BCUT2D eigenvalue weighted by Crippen LogP contribution is -2.11. The molecule has 3 rings (SSSR count). The van der Waals surface area contributed by atoms with Crippen LogP contribution in [-0.4, -0.2) is 7.11 Å². The molecule has 0 saturated carbocycles. The Bertz CT molecular complexity index is 749. The molecule has 22 heavy (non-hydrogen) atoms. The summed E-state index contributed by atoms with van der Waals surface area (Å²) < 4.78 is 16.3. The zero-order chi connectivity index (χ0) is 15.5. The number of methoxy groups -OCH3 is 1. The second-order valence-corrected chi connectivity index (χ2v) is 5.35. The van der Waals surface area contributed by atoms with Gasteiger partial charge in [0, 0.05) is 12.0 Å². The van der Waals surface area contributed by atoms with E-state index in [0.29, 0.717) is 17.2 Å². The summed E-state index contributed by atoms with van der Waals surface area (Å²) in [4.78, 5) is 0. The van der Waals surface area contributed by atoms with Gasteiger partial charge in [0.2, 0.25) is 0 Å². The van der Waals surface area contributed by atoms with Gasteiger partial charge in [0.15, 0.2) is 0 Å². The predicted molar refractivity (Wildman–Crippen MR) is 85.0 cm³/mol. The normalized spacial score (nSPS) is 12.3. The van der Waals surface area contributed by atoms with Crippen LogP contribution in [0.2, 0.25) is 5.02 Å². The SMILES string of the molecule is COc1ccc(-c2ccc(CC(N)c3ccco3)o2)cc1Cl. The molecule has 0 bridgehead atoms. The monoisotopic (exact) mass is 317 g/mol. The average Bonchev–Trinajstić information content (AvgIpc) is 3.18. The van der Waals surface area contributed by atoms with Crippen LogP contribution in [-0.2, 0) is 6.42 Å². The molecule has 0 saturated heterocycles. The largest absolute Gasteiger partial charge is 0.495 e. The highest BCUT2D eigenvalue weighted by molar-refractivity contribution is 6.32. The van der Waals surface area contributed by atoms with E-state index in [1.807, 2.05) is 42.5 Å². The fourth-order valence-corrected chi connectivity index (χ4v) is 2.54. The fourth-order valence-electron chi connectivity index (χ4n) is 2.28. The molecule has 1 unspecified atom stereocenters. The molecule has 0 spiro atoms. The van der Waals surface area contributed by atoms with Gasteiger partial charge >= 0.3 is 0 Å². The molecule has 0 fully saturated rings. The maximum Gasteiger partial charge on any atom is 0.137 e. The highest BCUT2D eigenvalue weighted by Crippen LogP contribution is 2.31. The second kappa shape index (κ2) is 6.30. The zero-order valence-electron chi connectivity index (χ0n) is 12.1. The van der Waals surface area contributed by atoms with Crippen molar-refractivity contribution in [3.63, 3.8) is 0 Å². The second-order valence-electron chi connectivity index (χ2n) is 4.94. The summed E-state index contributed by atoms with van der Waals surface area (Å²) in [5.74, 6) is 2.92. The zero-order valence-corrected chi connectivity index (χ0v) is 12.8. The van der Waals surface area contributed by atoms with Gasteiger partial charge in [-0.05, 0) is 42.5 Å². The van der Waals surface area contributed by atoms with Gasteiger partial charge in [-0.3, -0.25) is 0 Å². The van der Waals surface area contributed by atoms with E-state index in [9.17, 15) is 0 Å². The molecule has 0 aliphatic rings. The molecule has 114 valence electrons. The van der Waals surface area contributed by atoms with Crippen molar-refractivity contribution in [1.29, 1.82) is 0 Å². The van der Waals surface area contributed by atoms with Crippen LogP contribution in [0.4, 0.5) is 0 Å². The molecule has 1 atom stereocenters. The molecule has 0 radical (unpaired) electrons. The van der Waals surface area contributed by atoms with E-state index in [0.717, 1.165) is 22.8 Å². The number of ether oxygens (including phenoxy) is 1. The Morgan fingerprint density at radius 3 is 2.77 bits per heavy atom.